The molecule has 1 rings (SSSR count). The highest BCUT2D eigenvalue weighted by atomic mass is 32.2. The molecule has 0 aliphatic carbocycles. The maximum absolute atomic E-state index is 11.7. The van der Waals surface area contributed by atoms with Gasteiger partial charge >= 0.3 is 0 Å². The predicted octanol–water partition coefficient (Wildman–Crippen LogP) is 1.38. The molecule has 0 aromatic heterocycles. The molecule has 4 heteroatoms. The van der Waals surface area contributed by atoms with Gasteiger partial charge in [-0.1, -0.05) is 6.92 Å². The zero-order chi connectivity index (χ0) is 11.3. The normalized spacial score (nSPS) is 24.9. The van der Waals surface area contributed by atoms with Crippen molar-refractivity contribution in [1.82, 2.24) is 10.6 Å². The Labute approximate surface area is 96.8 Å². The second kappa shape index (κ2) is 6.38. The molecule has 3 atom stereocenters. The summed E-state index contributed by atoms with van der Waals surface area (Å²) in [5, 5.41) is 6.37. The summed E-state index contributed by atoms with van der Waals surface area (Å²) >= 11 is 1.96. The minimum Gasteiger partial charge on any atom is -0.352 e. The van der Waals surface area contributed by atoms with Gasteiger partial charge in [0, 0.05) is 17.8 Å². The zero-order valence-electron chi connectivity index (χ0n) is 9.88. The topological polar surface area (TPSA) is 41.1 Å². The molecule has 1 amide bonds. The zero-order valence-corrected chi connectivity index (χ0v) is 10.7. The molecule has 0 aromatic rings. The third-order valence-electron chi connectivity index (χ3n) is 2.81. The van der Waals surface area contributed by atoms with E-state index in [0.29, 0.717) is 6.04 Å². The molecule has 1 aliphatic heterocycles. The summed E-state index contributed by atoms with van der Waals surface area (Å²) in [7, 11) is 0. The summed E-state index contributed by atoms with van der Waals surface area (Å²) in [6, 6.07) is 0.732. The van der Waals surface area contributed by atoms with Gasteiger partial charge < -0.3 is 10.6 Å². The van der Waals surface area contributed by atoms with Crippen molar-refractivity contribution in [2.45, 2.75) is 51.7 Å². The van der Waals surface area contributed by atoms with E-state index >= 15 is 0 Å². The summed E-state index contributed by atoms with van der Waals surface area (Å²) in [6.45, 7) is 6.06. The van der Waals surface area contributed by atoms with Crippen molar-refractivity contribution in [2.75, 3.05) is 11.5 Å². The Hall–Kier alpha value is -0.220. The molecule has 1 heterocycles. The average Bonchev–Trinajstić information content (AvgIpc) is 2.70. The van der Waals surface area contributed by atoms with Crippen LogP contribution >= 0.6 is 11.8 Å². The minimum absolute atomic E-state index is 0.0669. The summed E-state index contributed by atoms with van der Waals surface area (Å²) in [5.41, 5.74) is 0. The monoisotopic (exact) mass is 230 g/mol. The van der Waals surface area contributed by atoms with Crippen molar-refractivity contribution in [3.8, 4) is 0 Å². The Kier molecular flexibility index (Phi) is 5.47. The predicted molar refractivity (Wildman–Crippen MR) is 66.2 cm³/mol. The first kappa shape index (κ1) is 12.8. The largest absolute Gasteiger partial charge is 0.352 e. The number of carbonyl (C=O) groups is 1. The SMILES string of the molecule is CCC(C)NC(=O)C(C)NC1CCSC1. The Balaban J connectivity index is 2.25. The van der Waals surface area contributed by atoms with Gasteiger partial charge in [-0.2, -0.15) is 11.8 Å². The smallest absolute Gasteiger partial charge is 0.237 e. The van der Waals surface area contributed by atoms with Crippen LogP contribution in [0.3, 0.4) is 0 Å². The first-order valence-electron chi connectivity index (χ1n) is 5.77. The number of hydrogen-bond acceptors (Lipinski definition) is 3. The standard InChI is InChI=1S/C11H22N2OS/c1-4-8(2)12-11(14)9(3)13-10-5-6-15-7-10/h8-10,13H,4-7H2,1-3H3,(H,12,14). The van der Waals surface area contributed by atoms with Gasteiger partial charge in [-0.25, -0.2) is 0 Å². The third-order valence-corrected chi connectivity index (χ3v) is 3.97. The third kappa shape index (κ3) is 4.43. The van der Waals surface area contributed by atoms with E-state index in [1.54, 1.807) is 0 Å². The van der Waals surface area contributed by atoms with Crippen LogP contribution in [0.1, 0.15) is 33.6 Å². The van der Waals surface area contributed by atoms with Crippen molar-refractivity contribution in [2.24, 2.45) is 0 Å². The molecule has 3 nitrogen and oxygen atoms in total. The molecule has 1 fully saturated rings. The lowest BCUT2D eigenvalue weighted by molar-refractivity contribution is -0.123. The van der Waals surface area contributed by atoms with Crippen LogP contribution in [-0.2, 0) is 4.79 Å². The fourth-order valence-corrected chi connectivity index (χ4v) is 2.73. The summed E-state index contributed by atoms with van der Waals surface area (Å²) in [6.07, 6.45) is 2.17. The Bertz CT molecular complexity index is 205. The molecular weight excluding hydrogens is 208 g/mol. The molecule has 1 saturated heterocycles. The van der Waals surface area contributed by atoms with E-state index in [1.165, 1.54) is 12.2 Å². The van der Waals surface area contributed by atoms with E-state index in [9.17, 15) is 4.79 Å². The van der Waals surface area contributed by atoms with E-state index in [1.807, 2.05) is 25.6 Å². The number of amides is 1. The van der Waals surface area contributed by atoms with Gasteiger partial charge in [0.25, 0.3) is 0 Å². The first-order chi connectivity index (χ1) is 7.13. The first-order valence-corrected chi connectivity index (χ1v) is 6.93. The van der Waals surface area contributed by atoms with E-state index in [4.69, 9.17) is 0 Å². The fraction of sp³-hybridized carbons (Fsp3) is 0.909. The maximum atomic E-state index is 11.7. The van der Waals surface area contributed by atoms with Crippen LogP contribution < -0.4 is 10.6 Å². The number of hydrogen-bond donors (Lipinski definition) is 2. The van der Waals surface area contributed by atoms with Gasteiger partial charge in [-0.15, -0.1) is 0 Å². The molecule has 0 radical (unpaired) electrons. The second-order valence-corrected chi connectivity index (χ2v) is 5.42. The minimum atomic E-state index is -0.0669. The van der Waals surface area contributed by atoms with Crippen LogP contribution in [0.15, 0.2) is 0 Å². The van der Waals surface area contributed by atoms with Crippen LogP contribution in [-0.4, -0.2) is 35.5 Å². The van der Waals surface area contributed by atoms with Crippen molar-refractivity contribution < 1.29 is 4.79 Å². The van der Waals surface area contributed by atoms with Crippen molar-refractivity contribution >= 4 is 17.7 Å². The lowest BCUT2D eigenvalue weighted by Gasteiger charge is -2.20. The van der Waals surface area contributed by atoms with E-state index < -0.39 is 0 Å². The van der Waals surface area contributed by atoms with Crippen molar-refractivity contribution in [3.05, 3.63) is 0 Å². The van der Waals surface area contributed by atoms with Gasteiger partial charge in [0.05, 0.1) is 6.04 Å². The fourth-order valence-electron chi connectivity index (χ4n) is 1.57. The Morgan fingerprint density at radius 2 is 2.27 bits per heavy atom. The van der Waals surface area contributed by atoms with E-state index in [2.05, 4.69) is 17.6 Å². The van der Waals surface area contributed by atoms with Gasteiger partial charge in [-0.3, -0.25) is 4.79 Å². The molecule has 0 bridgehead atoms. The van der Waals surface area contributed by atoms with Gasteiger partial charge in [0.1, 0.15) is 0 Å². The second-order valence-electron chi connectivity index (χ2n) is 4.27. The number of thioether (sulfide) groups is 1. The van der Waals surface area contributed by atoms with Crippen LogP contribution in [0.4, 0.5) is 0 Å². The number of nitrogens with one attached hydrogen (secondary N) is 2. The maximum Gasteiger partial charge on any atom is 0.237 e. The Morgan fingerprint density at radius 1 is 1.53 bits per heavy atom. The molecule has 0 spiro atoms. The highest BCUT2D eigenvalue weighted by molar-refractivity contribution is 7.99. The summed E-state index contributed by atoms with van der Waals surface area (Å²) < 4.78 is 0. The van der Waals surface area contributed by atoms with Crippen LogP contribution in [0.2, 0.25) is 0 Å². The molecule has 0 aromatic carbocycles. The van der Waals surface area contributed by atoms with Gasteiger partial charge in [0.15, 0.2) is 0 Å². The van der Waals surface area contributed by atoms with Crippen molar-refractivity contribution in [3.63, 3.8) is 0 Å². The lowest BCUT2D eigenvalue weighted by atomic mass is 10.2. The lowest BCUT2D eigenvalue weighted by Crippen LogP contribution is -2.48. The number of rotatable bonds is 5. The molecule has 15 heavy (non-hydrogen) atoms. The highest BCUT2D eigenvalue weighted by Gasteiger charge is 2.21. The molecular formula is C11H22N2OS. The molecule has 3 unspecified atom stereocenters. The van der Waals surface area contributed by atoms with Crippen LogP contribution in [0.25, 0.3) is 0 Å². The molecule has 88 valence electrons. The molecule has 1 aliphatic rings. The van der Waals surface area contributed by atoms with Crippen LogP contribution in [0.5, 0.6) is 0 Å². The average molecular weight is 230 g/mol. The Morgan fingerprint density at radius 3 is 2.80 bits per heavy atom. The van der Waals surface area contributed by atoms with Gasteiger partial charge in [-0.05, 0) is 32.4 Å². The molecule has 0 saturated carbocycles. The van der Waals surface area contributed by atoms with Crippen molar-refractivity contribution in [1.29, 1.82) is 0 Å². The number of carbonyl (C=O) groups excluding carboxylic acids is 1. The molecule has 2 N–H and O–H groups in total. The summed E-state index contributed by atoms with van der Waals surface area (Å²) in [5.74, 6) is 2.49. The van der Waals surface area contributed by atoms with Gasteiger partial charge in [0.2, 0.25) is 5.91 Å². The van der Waals surface area contributed by atoms with E-state index in [-0.39, 0.29) is 18.0 Å². The highest BCUT2D eigenvalue weighted by Crippen LogP contribution is 2.17. The van der Waals surface area contributed by atoms with Crippen LogP contribution in [0, 0.1) is 0 Å². The van der Waals surface area contributed by atoms with E-state index in [0.717, 1.165) is 12.2 Å². The summed E-state index contributed by atoms with van der Waals surface area (Å²) in [4.78, 5) is 11.7. The quantitative estimate of drug-likeness (QED) is 0.750.